The first-order valence-electron chi connectivity index (χ1n) is 11.8. The Morgan fingerprint density at radius 1 is 1.08 bits per heavy atom. The summed E-state index contributed by atoms with van der Waals surface area (Å²) in [5, 5.41) is 18.4. The molecule has 0 aliphatic rings. The Morgan fingerprint density at radius 2 is 1.81 bits per heavy atom. The Hall–Kier alpha value is -3.50. The van der Waals surface area contributed by atoms with E-state index < -0.39 is 17.3 Å². The number of hydrogen-bond acceptors (Lipinski definition) is 5. The number of halogens is 3. The van der Waals surface area contributed by atoms with Crippen molar-refractivity contribution in [1.82, 2.24) is 19.3 Å². The van der Waals surface area contributed by atoms with Crippen molar-refractivity contribution in [2.24, 2.45) is 13.0 Å². The highest BCUT2D eigenvalue weighted by atomic mass is 32.1. The van der Waals surface area contributed by atoms with E-state index in [9.17, 15) is 23.1 Å². The average molecular weight is 527 g/mol. The number of aliphatic hydroxyl groups is 1. The topological polar surface area (TPSA) is 72.9 Å². The van der Waals surface area contributed by atoms with Gasteiger partial charge in [-0.05, 0) is 28.7 Å². The third-order valence-electron chi connectivity index (χ3n) is 6.30. The van der Waals surface area contributed by atoms with Crippen LogP contribution in [0.25, 0.3) is 32.9 Å². The van der Waals surface area contributed by atoms with Crippen molar-refractivity contribution in [2.45, 2.75) is 39.1 Å². The van der Waals surface area contributed by atoms with E-state index in [0.717, 1.165) is 22.0 Å². The lowest BCUT2D eigenvalue weighted by Crippen LogP contribution is -2.22. The van der Waals surface area contributed by atoms with Crippen LogP contribution in [0.2, 0.25) is 0 Å². The van der Waals surface area contributed by atoms with E-state index in [1.54, 1.807) is 7.05 Å². The zero-order chi connectivity index (χ0) is 26.5. The first-order valence-corrected chi connectivity index (χ1v) is 12.7. The lowest BCUT2D eigenvalue weighted by atomic mass is 10.0. The molecule has 0 fully saturated rings. The molecule has 0 amide bonds. The normalized spacial score (nSPS) is 13.2. The fraction of sp³-hybridized carbons (Fsp3) is 0.296. The quantitative estimate of drug-likeness (QED) is 0.301. The summed E-state index contributed by atoms with van der Waals surface area (Å²) in [4.78, 5) is 17.5. The fourth-order valence-corrected chi connectivity index (χ4v) is 5.46. The van der Waals surface area contributed by atoms with Crippen LogP contribution in [-0.4, -0.2) is 30.6 Å². The van der Waals surface area contributed by atoms with Gasteiger partial charge in [0, 0.05) is 30.6 Å². The van der Waals surface area contributed by atoms with Crippen LogP contribution in [0.1, 0.15) is 36.2 Å². The minimum Gasteiger partial charge on any atom is -0.377 e. The average Bonchev–Trinajstić information content (AvgIpc) is 3.46. The number of thiazole rings is 1. The van der Waals surface area contributed by atoms with E-state index in [1.807, 2.05) is 53.2 Å². The largest absolute Gasteiger partial charge is 0.420 e. The van der Waals surface area contributed by atoms with Gasteiger partial charge in [-0.2, -0.15) is 18.3 Å². The van der Waals surface area contributed by atoms with Gasteiger partial charge in [-0.25, -0.2) is 9.67 Å². The smallest absolute Gasteiger partial charge is 0.377 e. The van der Waals surface area contributed by atoms with E-state index >= 15 is 0 Å². The van der Waals surface area contributed by atoms with E-state index in [-0.39, 0.29) is 17.2 Å². The minimum absolute atomic E-state index is 0.206. The number of aromatic nitrogens is 4. The van der Waals surface area contributed by atoms with Gasteiger partial charge in [0.05, 0.1) is 22.5 Å². The molecule has 1 N–H and O–H groups in total. The third-order valence-corrected chi connectivity index (χ3v) is 7.20. The van der Waals surface area contributed by atoms with Crippen LogP contribution in [0, 0.1) is 5.92 Å². The van der Waals surface area contributed by atoms with Crippen molar-refractivity contribution >= 4 is 32.9 Å². The maximum Gasteiger partial charge on any atom is 0.420 e. The second kappa shape index (κ2) is 9.42. The van der Waals surface area contributed by atoms with E-state index in [1.165, 1.54) is 10.1 Å². The highest BCUT2D eigenvalue weighted by Gasteiger charge is 2.41. The van der Waals surface area contributed by atoms with Crippen LogP contribution in [0.5, 0.6) is 0 Å². The van der Waals surface area contributed by atoms with Gasteiger partial charge in [0.25, 0.3) is 5.56 Å². The molecular weight excluding hydrogens is 501 g/mol. The van der Waals surface area contributed by atoms with Crippen LogP contribution >= 0.6 is 11.3 Å². The van der Waals surface area contributed by atoms with E-state index in [0.29, 0.717) is 40.8 Å². The van der Waals surface area contributed by atoms with Gasteiger partial charge in [-0.1, -0.05) is 56.3 Å². The van der Waals surface area contributed by atoms with Crippen LogP contribution in [-0.2, 0) is 20.0 Å². The monoisotopic (exact) mass is 526 g/mol. The molecule has 0 aliphatic heterocycles. The highest BCUT2D eigenvalue weighted by Crippen LogP contribution is 2.38. The minimum atomic E-state index is -4.84. The standard InChI is InChI=1S/C27H25F3N4O2S/c1-15(2)11-20-19-13-34(12-17-9-6-8-16-7-4-5-10-18(16)17)23(22(19)26(36)33(3)32-20)21-14-37-25(31-21)24(35)27(28,29)30/h4-10,13-15,24,35H,11-12H2,1-3H3. The molecule has 3 aromatic heterocycles. The summed E-state index contributed by atoms with van der Waals surface area (Å²) in [5.74, 6) is 0.269. The first-order chi connectivity index (χ1) is 17.5. The molecular formula is C27H25F3N4O2S. The zero-order valence-electron chi connectivity index (χ0n) is 20.5. The number of benzene rings is 2. The predicted octanol–water partition coefficient (Wildman–Crippen LogP) is 5.85. The molecule has 1 unspecified atom stereocenters. The predicted molar refractivity (Wildman–Crippen MR) is 139 cm³/mol. The van der Waals surface area contributed by atoms with Gasteiger partial charge >= 0.3 is 6.18 Å². The summed E-state index contributed by atoms with van der Waals surface area (Å²) in [6.07, 6.45) is -5.07. The number of rotatable bonds is 6. The number of hydrogen-bond donors (Lipinski definition) is 1. The highest BCUT2D eigenvalue weighted by molar-refractivity contribution is 7.10. The van der Waals surface area contributed by atoms with Gasteiger partial charge in [-0.3, -0.25) is 4.79 Å². The molecule has 0 radical (unpaired) electrons. The molecule has 0 spiro atoms. The zero-order valence-corrected chi connectivity index (χ0v) is 21.3. The Kier molecular flexibility index (Phi) is 6.41. The van der Waals surface area contributed by atoms with Crippen LogP contribution in [0.15, 0.2) is 58.8 Å². The number of aliphatic hydroxyl groups excluding tert-OH is 1. The first kappa shape index (κ1) is 25.2. The number of fused-ring (bicyclic) bond motifs is 2. The number of aryl methyl sites for hydroxylation is 1. The van der Waals surface area contributed by atoms with Gasteiger partial charge in [0.1, 0.15) is 5.01 Å². The number of alkyl halides is 3. The third kappa shape index (κ3) is 4.67. The summed E-state index contributed by atoms with van der Waals surface area (Å²) < 4.78 is 42.7. The molecule has 10 heteroatoms. The molecule has 6 nitrogen and oxygen atoms in total. The molecule has 5 aromatic rings. The maximum absolute atomic E-state index is 13.4. The van der Waals surface area contributed by atoms with Crippen molar-refractivity contribution in [3.05, 3.63) is 80.7 Å². The Bertz CT molecular complexity index is 1660. The molecule has 5 rings (SSSR count). The summed E-state index contributed by atoms with van der Waals surface area (Å²) >= 11 is 0.715. The van der Waals surface area contributed by atoms with Crippen LogP contribution in [0.4, 0.5) is 13.2 Å². The van der Waals surface area contributed by atoms with E-state index in [2.05, 4.69) is 23.9 Å². The van der Waals surface area contributed by atoms with Crippen molar-refractivity contribution < 1.29 is 18.3 Å². The molecule has 2 aromatic carbocycles. The van der Waals surface area contributed by atoms with Crippen molar-refractivity contribution in [1.29, 1.82) is 0 Å². The lowest BCUT2D eigenvalue weighted by molar-refractivity contribution is -0.206. The molecule has 0 saturated heterocycles. The van der Waals surface area contributed by atoms with Gasteiger partial charge in [0.15, 0.2) is 0 Å². The van der Waals surface area contributed by atoms with Gasteiger partial charge in [-0.15, -0.1) is 11.3 Å². The molecule has 192 valence electrons. The molecule has 0 aliphatic carbocycles. The Morgan fingerprint density at radius 3 is 2.54 bits per heavy atom. The van der Waals surface area contributed by atoms with Gasteiger partial charge < -0.3 is 9.67 Å². The molecule has 3 heterocycles. The lowest BCUT2D eigenvalue weighted by Gasteiger charge is -2.12. The second-order valence-corrected chi connectivity index (χ2v) is 10.4. The van der Waals surface area contributed by atoms with Crippen LogP contribution in [0.3, 0.4) is 0 Å². The molecule has 37 heavy (non-hydrogen) atoms. The SMILES string of the molecule is CC(C)Cc1nn(C)c(=O)c2c(-c3csc(C(O)C(F)(F)F)n3)n(Cc3cccc4ccccc34)cc12. The van der Waals surface area contributed by atoms with Gasteiger partial charge in [0.2, 0.25) is 6.10 Å². The molecule has 0 saturated carbocycles. The summed E-state index contributed by atoms with van der Waals surface area (Å²) in [5.41, 5.74) is 1.97. The maximum atomic E-state index is 13.4. The van der Waals surface area contributed by atoms with E-state index in [4.69, 9.17) is 0 Å². The molecule has 1 atom stereocenters. The fourth-order valence-electron chi connectivity index (χ4n) is 4.65. The Balaban J connectivity index is 1.76. The second-order valence-electron chi connectivity index (χ2n) is 9.52. The summed E-state index contributed by atoms with van der Waals surface area (Å²) in [6, 6.07) is 13.9. The van der Waals surface area contributed by atoms with Crippen molar-refractivity contribution in [2.75, 3.05) is 0 Å². The van der Waals surface area contributed by atoms with Crippen LogP contribution < -0.4 is 5.56 Å². The molecule has 0 bridgehead atoms. The van der Waals surface area contributed by atoms with Crippen molar-refractivity contribution in [3.8, 4) is 11.4 Å². The summed E-state index contributed by atoms with van der Waals surface area (Å²) in [7, 11) is 1.57. The number of nitrogens with zero attached hydrogens (tertiary/aromatic N) is 4. The Labute approximate surface area is 214 Å². The summed E-state index contributed by atoms with van der Waals surface area (Å²) in [6.45, 7) is 4.47. The van der Waals surface area contributed by atoms with Crippen molar-refractivity contribution in [3.63, 3.8) is 0 Å².